The molecule has 2 aromatic rings. The van der Waals surface area contributed by atoms with Gasteiger partial charge in [-0.2, -0.15) is 0 Å². The first kappa shape index (κ1) is 16.8. The second-order valence-electron chi connectivity index (χ2n) is 5.89. The molecule has 4 nitrogen and oxygen atoms in total. The highest BCUT2D eigenvalue weighted by molar-refractivity contribution is 6.30. The summed E-state index contributed by atoms with van der Waals surface area (Å²) in [5, 5.41) is 1.25. The quantitative estimate of drug-likeness (QED) is 0.818. The van der Waals surface area contributed by atoms with E-state index in [4.69, 9.17) is 23.2 Å². The van der Waals surface area contributed by atoms with Crippen molar-refractivity contribution in [2.24, 2.45) is 0 Å². The van der Waals surface area contributed by atoms with E-state index in [1.807, 2.05) is 12.1 Å². The first-order chi connectivity index (χ1) is 11.5. The van der Waals surface area contributed by atoms with Crippen molar-refractivity contribution in [3.8, 4) is 0 Å². The van der Waals surface area contributed by atoms with Crippen molar-refractivity contribution in [3.05, 3.63) is 69.7 Å². The maximum absolute atomic E-state index is 12.4. The number of hydrogen-bond acceptors (Lipinski definition) is 2. The molecule has 1 aliphatic carbocycles. The fraction of sp³-hybridized carbons (Fsp3) is 0.222. The Balaban J connectivity index is 1.56. The van der Waals surface area contributed by atoms with Gasteiger partial charge in [-0.15, -0.1) is 0 Å². The van der Waals surface area contributed by atoms with Crippen molar-refractivity contribution in [1.82, 2.24) is 10.9 Å². The van der Waals surface area contributed by atoms with E-state index < -0.39 is 5.41 Å². The van der Waals surface area contributed by atoms with Gasteiger partial charge in [-0.25, -0.2) is 0 Å². The van der Waals surface area contributed by atoms with Crippen LogP contribution in [0, 0.1) is 0 Å². The van der Waals surface area contributed by atoms with Crippen LogP contribution >= 0.6 is 23.2 Å². The van der Waals surface area contributed by atoms with Crippen LogP contribution in [0.2, 0.25) is 10.0 Å². The van der Waals surface area contributed by atoms with Gasteiger partial charge >= 0.3 is 0 Å². The smallest absolute Gasteiger partial charge is 0.249 e. The molecule has 0 saturated heterocycles. The highest BCUT2D eigenvalue weighted by atomic mass is 35.5. The van der Waals surface area contributed by atoms with Gasteiger partial charge in [0, 0.05) is 10.0 Å². The van der Waals surface area contributed by atoms with Crippen LogP contribution in [0.3, 0.4) is 0 Å². The lowest BCUT2D eigenvalue weighted by Gasteiger charge is -2.16. The summed E-state index contributed by atoms with van der Waals surface area (Å²) in [5.74, 6) is -0.480. The summed E-state index contributed by atoms with van der Waals surface area (Å²) in [4.78, 5) is 24.4. The molecule has 2 N–H and O–H groups in total. The minimum Gasteiger partial charge on any atom is -0.273 e. The Morgan fingerprint density at radius 1 is 0.875 bits per heavy atom. The van der Waals surface area contributed by atoms with Gasteiger partial charge in [0.25, 0.3) is 0 Å². The van der Waals surface area contributed by atoms with Crippen LogP contribution in [-0.2, 0) is 21.4 Å². The molecule has 0 bridgehead atoms. The van der Waals surface area contributed by atoms with Gasteiger partial charge in [0.2, 0.25) is 11.8 Å². The highest BCUT2D eigenvalue weighted by Gasteiger charge is 2.51. The molecule has 0 aliphatic heterocycles. The number of amides is 2. The van der Waals surface area contributed by atoms with E-state index in [1.54, 1.807) is 36.4 Å². The zero-order chi connectivity index (χ0) is 17.2. The Hall–Kier alpha value is -2.04. The molecule has 2 aromatic carbocycles. The van der Waals surface area contributed by atoms with Gasteiger partial charge in [0.05, 0.1) is 11.8 Å². The number of hydrazine groups is 1. The lowest BCUT2D eigenvalue weighted by molar-refractivity contribution is -0.130. The summed E-state index contributed by atoms with van der Waals surface area (Å²) < 4.78 is 0. The topological polar surface area (TPSA) is 58.2 Å². The summed E-state index contributed by atoms with van der Waals surface area (Å²) in [7, 11) is 0. The number of hydrogen-bond donors (Lipinski definition) is 2. The first-order valence-electron chi connectivity index (χ1n) is 7.59. The predicted molar refractivity (Wildman–Crippen MR) is 93.8 cm³/mol. The summed E-state index contributed by atoms with van der Waals surface area (Å²) in [6, 6.07) is 14.2. The molecule has 2 amide bonds. The Bertz CT molecular complexity index is 754. The van der Waals surface area contributed by atoms with Crippen molar-refractivity contribution >= 4 is 35.0 Å². The molecule has 0 heterocycles. The Morgan fingerprint density at radius 2 is 1.42 bits per heavy atom. The zero-order valence-electron chi connectivity index (χ0n) is 12.8. The van der Waals surface area contributed by atoms with Crippen LogP contribution in [0.15, 0.2) is 48.5 Å². The van der Waals surface area contributed by atoms with Gasteiger partial charge in [-0.05, 0) is 48.2 Å². The van der Waals surface area contributed by atoms with E-state index in [1.165, 1.54) is 0 Å². The fourth-order valence-electron chi connectivity index (χ4n) is 2.62. The predicted octanol–water partition coefficient (Wildman–Crippen LogP) is 3.42. The lowest BCUT2D eigenvalue weighted by Crippen LogP contribution is -2.47. The van der Waals surface area contributed by atoms with Gasteiger partial charge in [-0.1, -0.05) is 47.5 Å². The maximum Gasteiger partial charge on any atom is 0.249 e. The number of benzene rings is 2. The molecular weight excluding hydrogens is 347 g/mol. The normalized spacial score (nSPS) is 14.8. The van der Waals surface area contributed by atoms with Gasteiger partial charge in [-0.3, -0.25) is 20.4 Å². The van der Waals surface area contributed by atoms with E-state index >= 15 is 0 Å². The van der Waals surface area contributed by atoms with E-state index in [-0.39, 0.29) is 18.2 Å². The fourth-order valence-corrected chi connectivity index (χ4v) is 2.87. The molecule has 0 spiro atoms. The number of rotatable bonds is 4. The van der Waals surface area contributed by atoms with E-state index in [0.29, 0.717) is 10.0 Å². The van der Waals surface area contributed by atoms with Crippen molar-refractivity contribution in [2.75, 3.05) is 0 Å². The van der Waals surface area contributed by atoms with Crippen LogP contribution in [-0.4, -0.2) is 11.8 Å². The van der Waals surface area contributed by atoms with E-state index in [9.17, 15) is 9.59 Å². The Kier molecular flexibility index (Phi) is 4.78. The average Bonchev–Trinajstić information content (AvgIpc) is 3.37. The molecular formula is C18H16Cl2N2O2. The maximum atomic E-state index is 12.4. The number of carbonyl (C=O) groups is 2. The third-order valence-corrected chi connectivity index (χ3v) is 4.68. The summed E-state index contributed by atoms with van der Waals surface area (Å²) in [5.41, 5.74) is 6.19. The Morgan fingerprint density at radius 3 is 1.96 bits per heavy atom. The average molecular weight is 363 g/mol. The third-order valence-electron chi connectivity index (χ3n) is 4.17. The molecule has 1 fully saturated rings. The molecule has 0 radical (unpaired) electrons. The van der Waals surface area contributed by atoms with Gasteiger partial charge in [0.1, 0.15) is 0 Å². The summed E-state index contributed by atoms with van der Waals surface area (Å²) in [6.45, 7) is 0. The standard InChI is InChI=1S/C18H16Cl2N2O2/c19-14-5-1-12(2-6-14)11-16(23)21-22-17(24)18(9-10-18)13-3-7-15(20)8-4-13/h1-8H,9-11H2,(H,21,23)(H,22,24). The second-order valence-corrected chi connectivity index (χ2v) is 6.77. The third kappa shape index (κ3) is 3.71. The van der Waals surface area contributed by atoms with Crippen molar-refractivity contribution in [2.45, 2.75) is 24.7 Å². The number of nitrogens with one attached hydrogen (secondary N) is 2. The van der Waals surface area contributed by atoms with Gasteiger partial charge in [0.15, 0.2) is 0 Å². The SMILES string of the molecule is O=C(Cc1ccc(Cl)cc1)NNC(=O)C1(c2ccc(Cl)cc2)CC1. The van der Waals surface area contributed by atoms with Crippen molar-refractivity contribution in [3.63, 3.8) is 0 Å². The van der Waals surface area contributed by atoms with Crippen LogP contribution in [0.4, 0.5) is 0 Å². The van der Waals surface area contributed by atoms with Crippen molar-refractivity contribution < 1.29 is 9.59 Å². The van der Waals surface area contributed by atoms with Crippen molar-refractivity contribution in [1.29, 1.82) is 0 Å². The molecule has 0 atom stereocenters. The largest absolute Gasteiger partial charge is 0.273 e. The van der Waals surface area contributed by atoms with E-state index in [2.05, 4.69) is 10.9 Å². The number of halogens is 2. The molecule has 1 saturated carbocycles. The molecule has 6 heteroatoms. The summed E-state index contributed by atoms with van der Waals surface area (Å²) >= 11 is 11.7. The zero-order valence-corrected chi connectivity index (χ0v) is 14.3. The molecule has 1 aliphatic rings. The van der Waals surface area contributed by atoms with Gasteiger partial charge < -0.3 is 0 Å². The minimum absolute atomic E-state index is 0.172. The lowest BCUT2D eigenvalue weighted by atomic mass is 9.95. The molecule has 124 valence electrons. The summed E-state index contributed by atoms with van der Waals surface area (Å²) in [6.07, 6.45) is 1.69. The Labute approximate surface area is 150 Å². The van der Waals surface area contributed by atoms with E-state index in [0.717, 1.165) is 24.0 Å². The molecule has 0 aromatic heterocycles. The van der Waals surface area contributed by atoms with Crippen LogP contribution in [0.1, 0.15) is 24.0 Å². The molecule has 0 unspecified atom stereocenters. The minimum atomic E-state index is -0.557. The highest BCUT2D eigenvalue weighted by Crippen LogP contribution is 2.48. The van der Waals surface area contributed by atoms with Crippen LogP contribution in [0.5, 0.6) is 0 Å². The molecule has 3 rings (SSSR count). The second kappa shape index (κ2) is 6.83. The van der Waals surface area contributed by atoms with Crippen LogP contribution in [0.25, 0.3) is 0 Å². The monoisotopic (exact) mass is 362 g/mol. The molecule has 24 heavy (non-hydrogen) atoms. The first-order valence-corrected chi connectivity index (χ1v) is 8.35. The number of carbonyl (C=O) groups excluding carboxylic acids is 2. The van der Waals surface area contributed by atoms with Crippen LogP contribution < -0.4 is 10.9 Å².